The lowest BCUT2D eigenvalue weighted by atomic mass is 10.2. The first-order chi connectivity index (χ1) is 17.6. The van der Waals surface area contributed by atoms with Crippen molar-refractivity contribution in [1.29, 1.82) is 5.16 Å². The summed E-state index contributed by atoms with van der Waals surface area (Å²) in [6.07, 6.45) is 5.79. The van der Waals surface area contributed by atoms with E-state index in [0.717, 1.165) is 73.2 Å². The van der Waals surface area contributed by atoms with Crippen molar-refractivity contribution in [3.8, 4) is 0 Å². The van der Waals surface area contributed by atoms with E-state index in [1.54, 1.807) is 0 Å². The van der Waals surface area contributed by atoms with E-state index >= 15 is 0 Å². The summed E-state index contributed by atoms with van der Waals surface area (Å²) in [7, 11) is 0.443. The summed E-state index contributed by atoms with van der Waals surface area (Å²) in [5.74, 6) is 2.40. The topological polar surface area (TPSA) is 138 Å². The Kier molecular flexibility index (Phi) is 7.40. The SMILES string of the molecule is Cc1nc(C)c2c(C)c[nH]c2n1.Cc1nc(C)c2c(C)cn(P=N)c2n1.Cc1nc(C)c2cc[nH]c2n1. The molecule has 6 rings (SSSR count). The van der Waals surface area contributed by atoms with Crippen LogP contribution in [0.5, 0.6) is 0 Å². The Bertz CT molecular complexity index is 1740. The molecule has 0 saturated heterocycles. The zero-order valence-electron chi connectivity index (χ0n) is 22.4. The summed E-state index contributed by atoms with van der Waals surface area (Å²) in [6.45, 7) is 15.7. The van der Waals surface area contributed by atoms with E-state index in [1.807, 2.05) is 77.5 Å². The average molecular weight is 515 g/mol. The highest BCUT2D eigenvalue weighted by Gasteiger charge is 2.10. The molecular weight excluding hydrogens is 483 g/mol. The van der Waals surface area contributed by atoms with Crippen LogP contribution in [0.1, 0.15) is 45.7 Å². The minimum absolute atomic E-state index is 0.443. The number of aromatic nitrogens is 9. The maximum atomic E-state index is 7.35. The van der Waals surface area contributed by atoms with Crippen molar-refractivity contribution < 1.29 is 0 Å². The van der Waals surface area contributed by atoms with Crippen molar-refractivity contribution in [3.05, 3.63) is 70.3 Å². The van der Waals surface area contributed by atoms with Crippen LogP contribution in [0.4, 0.5) is 0 Å². The third kappa shape index (κ3) is 5.39. The van der Waals surface area contributed by atoms with Gasteiger partial charge in [0.1, 0.15) is 37.3 Å². The Morgan fingerprint density at radius 3 is 1.95 bits per heavy atom. The molecule has 6 aromatic rings. The number of hydrogen-bond donors (Lipinski definition) is 3. The van der Waals surface area contributed by atoms with Crippen LogP contribution >= 0.6 is 8.52 Å². The number of H-pyrrole nitrogens is 2. The van der Waals surface area contributed by atoms with Crippen LogP contribution < -0.4 is 0 Å². The van der Waals surface area contributed by atoms with Gasteiger partial charge in [0, 0.05) is 34.7 Å². The first-order valence-electron chi connectivity index (χ1n) is 11.9. The third-order valence-corrected chi connectivity index (χ3v) is 6.48. The molecule has 3 N–H and O–H groups in total. The predicted octanol–water partition coefficient (Wildman–Crippen LogP) is 6.29. The van der Waals surface area contributed by atoms with Crippen LogP contribution in [-0.4, -0.2) is 44.2 Å². The Morgan fingerprint density at radius 1 is 0.676 bits per heavy atom. The van der Waals surface area contributed by atoms with Gasteiger partial charge in [-0.3, -0.25) is 9.50 Å². The Morgan fingerprint density at radius 2 is 1.27 bits per heavy atom. The molecule has 0 aliphatic rings. The van der Waals surface area contributed by atoms with E-state index in [4.69, 9.17) is 5.16 Å². The van der Waals surface area contributed by atoms with Gasteiger partial charge >= 0.3 is 0 Å². The first kappa shape index (κ1) is 26.0. The van der Waals surface area contributed by atoms with E-state index < -0.39 is 0 Å². The predicted molar refractivity (Wildman–Crippen MR) is 148 cm³/mol. The summed E-state index contributed by atoms with van der Waals surface area (Å²) in [5.41, 5.74) is 8.16. The van der Waals surface area contributed by atoms with E-state index in [2.05, 4.69) is 46.8 Å². The molecule has 190 valence electrons. The molecule has 0 aromatic carbocycles. The van der Waals surface area contributed by atoms with Gasteiger partial charge in [0.25, 0.3) is 0 Å². The number of aryl methyl sites for hydroxylation is 8. The summed E-state index contributed by atoms with van der Waals surface area (Å²) in [5, 5.41) is 10.7. The maximum Gasteiger partial charge on any atom is 0.152 e. The van der Waals surface area contributed by atoms with Gasteiger partial charge in [-0.25, -0.2) is 29.9 Å². The number of nitrogens with zero attached hydrogens (tertiary/aromatic N) is 7. The molecule has 6 aromatic heterocycles. The number of hydrogen-bond acceptors (Lipinski definition) is 7. The number of fused-ring (bicyclic) bond motifs is 3. The number of aromatic amines is 2. The van der Waals surface area contributed by atoms with Gasteiger partial charge in [0.05, 0.1) is 17.1 Å². The molecule has 0 amide bonds. The van der Waals surface area contributed by atoms with E-state index in [-0.39, 0.29) is 0 Å². The summed E-state index contributed by atoms with van der Waals surface area (Å²) in [4.78, 5) is 31.9. The molecule has 0 saturated carbocycles. The summed E-state index contributed by atoms with van der Waals surface area (Å²) in [6, 6.07) is 1.99. The van der Waals surface area contributed by atoms with Crippen molar-refractivity contribution in [2.75, 3.05) is 0 Å². The van der Waals surface area contributed by atoms with Crippen molar-refractivity contribution in [3.63, 3.8) is 0 Å². The van der Waals surface area contributed by atoms with Crippen molar-refractivity contribution in [2.24, 2.45) is 0 Å². The number of rotatable bonds is 1. The molecule has 0 aliphatic carbocycles. The van der Waals surface area contributed by atoms with Crippen LogP contribution in [0.15, 0.2) is 24.7 Å². The van der Waals surface area contributed by atoms with Crippen LogP contribution in [0.3, 0.4) is 0 Å². The zero-order valence-corrected chi connectivity index (χ0v) is 23.3. The molecule has 0 aliphatic heterocycles. The van der Waals surface area contributed by atoms with Gasteiger partial charge in [0.15, 0.2) is 5.65 Å². The van der Waals surface area contributed by atoms with Gasteiger partial charge in [0.2, 0.25) is 0 Å². The van der Waals surface area contributed by atoms with Gasteiger partial charge in [-0.2, -0.15) is 0 Å². The smallest absolute Gasteiger partial charge is 0.152 e. The molecule has 10 nitrogen and oxygen atoms in total. The molecule has 11 heteroatoms. The minimum atomic E-state index is 0.443. The molecule has 0 bridgehead atoms. The van der Waals surface area contributed by atoms with E-state index in [1.165, 1.54) is 5.56 Å². The Hall–Kier alpha value is -4.04. The van der Waals surface area contributed by atoms with E-state index in [9.17, 15) is 0 Å². The highest BCUT2D eigenvalue weighted by Crippen LogP contribution is 2.24. The molecule has 37 heavy (non-hydrogen) atoms. The largest absolute Gasteiger partial charge is 0.346 e. The molecular formula is C26H31N10P. The highest BCUT2D eigenvalue weighted by molar-refractivity contribution is 7.23. The van der Waals surface area contributed by atoms with Crippen LogP contribution in [0, 0.1) is 60.6 Å². The standard InChI is InChI=1S/C9H11N4P.C9H11N3.C8H9N3/c1-5-4-13(14-10)9-8(5)6(2)11-7(3)12-9;1-5-4-10-9-8(5)6(2)11-7(3)12-9;1-5-7-3-4-9-8(7)11-6(2)10-5/h4,10H,1-3H3;4H,1-3H3,(H,10,11,12);3-4H,1-2H3,(H,9,10,11). The zero-order chi connectivity index (χ0) is 26.9. The fourth-order valence-corrected chi connectivity index (χ4v) is 4.95. The van der Waals surface area contributed by atoms with Crippen molar-refractivity contribution >= 4 is 41.6 Å². The van der Waals surface area contributed by atoms with Crippen molar-refractivity contribution in [1.82, 2.24) is 44.2 Å². The fraction of sp³-hybridized carbons (Fsp3) is 0.308. The fourth-order valence-electron chi connectivity index (χ4n) is 4.48. The second-order valence-corrected chi connectivity index (χ2v) is 9.59. The normalized spacial score (nSPS) is 11.0. The second-order valence-electron chi connectivity index (χ2n) is 8.96. The lowest BCUT2D eigenvalue weighted by Crippen LogP contribution is -1.93. The third-order valence-electron chi connectivity index (χ3n) is 5.96. The highest BCUT2D eigenvalue weighted by atomic mass is 31.1. The minimum Gasteiger partial charge on any atom is -0.346 e. The van der Waals surface area contributed by atoms with Crippen LogP contribution in [-0.2, 0) is 0 Å². The quantitative estimate of drug-likeness (QED) is 0.221. The maximum absolute atomic E-state index is 7.35. The summed E-state index contributed by atoms with van der Waals surface area (Å²) >= 11 is 0. The van der Waals surface area contributed by atoms with Crippen molar-refractivity contribution in [2.45, 2.75) is 55.4 Å². The van der Waals surface area contributed by atoms with Gasteiger partial charge in [-0.15, -0.1) is 0 Å². The molecule has 6 heterocycles. The first-order valence-corrected chi connectivity index (χ1v) is 12.7. The second kappa shape index (κ2) is 10.5. The van der Waals surface area contributed by atoms with Gasteiger partial charge in [-0.05, 0) is 72.6 Å². The van der Waals surface area contributed by atoms with E-state index in [0.29, 0.717) is 8.52 Å². The average Bonchev–Trinajstić information content (AvgIpc) is 3.52. The molecule has 0 radical (unpaired) electrons. The Labute approximate surface area is 216 Å². The molecule has 0 spiro atoms. The Balaban J connectivity index is 0.000000131. The lowest BCUT2D eigenvalue weighted by Gasteiger charge is -1.99. The lowest BCUT2D eigenvalue weighted by molar-refractivity contribution is 1.04. The van der Waals surface area contributed by atoms with Crippen LogP contribution in [0.2, 0.25) is 0 Å². The van der Waals surface area contributed by atoms with Gasteiger partial charge < -0.3 is 9.97 Å². The van der Waals surface area contributed by atoms with Crippen LogP contribution in [0.25, 0.3) is 33.1 Å². The molecule has 0 atom stereocenters. The summed E-state index contributed by atoms with van der Waals surface area (Å²) < 4.78 is 1.81. The molecule has 0 unspecified atom stereocenters. The van der Waals surface area contributed by atoms with Gasteiger partial charge in [-0.1, -0.05) is 0 Å². The number of nitrogens with one attached hydrogen (secondary N) is 3. The molecule has 0 fully saturated rings. The monoisotopic (exact) mass is 514 g/mol.